The molecule has 3 heteroatoms. The fourth-order valence-corrected chi connectivity index (χ4v) is 3.71. The van der Waals surface area contributed by atoms with E-state index >= 15 is 0 Å². The topological polar surface area (TPSA) is 17.1 Å². The van der Waals surface area contributed by atoms with E-state index in [1.807, 2.05) is 32.0 Å². The standard InChI is InChI=1S/C17H24OS2.C2H6/c1-5-13(3)16(17(18)20-14(4)6-2)19-12-15-10-8-7-9-11-15;1-2/h7-11,14H,5-6,12H2,1-4H3;1-2H3/b16-13+;. The monoisotopic (exact) mass is 338 g/mol. The Morgan fingerprint density at radius 2 is 1.73 bits per heavy atom. The van der Waals surface area contributed by atoms with Gasteiger partial charge in [0.25, 0.3) is 0 Å². The molecule has 1 nitrogen and oxygen atoms in total. The molecule has 1 aromatic rings. The van der Waals surface area contributed by atoms with Gasteiger partial charge in [-0.05, 0) is 25.3 Å². The molecule has 0 spiro atoms. The Morgan fingerprint density at radius 1 is 1.14 bits per heavy atom. The second kappa shape index (κ2) is 12.8. The molecule has 0 bridgehead atoms. The molecule has 124 valence electrons. The van der Waals surface area contributed by atoms with E-state index in [1.54, 1.807) is 11.8 Å². The lowest BCUT2D eigenvalue weighted by molar-refractivity contribution is -0.107. The smallest absolute Gasteiger partial charge is 0.225 e. The largest absolute Gasteiger partial charge is 0.281 e. The third kappa shape index (κ3) is 8.09. The highest BCUT2D eigenvalue weighted by molar-refractivity contribution is 8.17. The van der Waals surface area contributed by atoms with Crippen LogP contribution in [-0.2, 0) is 10.5 Å². The predicted octanol–water partition coefficient (Wildman–Crippen LogP) is 6.69. The molecule has 0 aliphatic heterocycles. The van der Waals surface area contributed by atoms with Gasteiger partial charge >= 0.3 is 0 Å². The minimum Gasteiger partial charge on any atom is -0.281 e. The molecule has 0 radical (unpaired) electrons. The number of hydrogen-bond acceptors (Lipinski definition) is 3. The lowest BCUT2D eigenvalue weighted by Crippen LogP contribution is -2.04. The normalized spacial score (nSPS) is 12.8. The Labute approximate surface area is 145 Å². The van der Waals surface area contributed by atoms with E-state index in [0.717, 1.165) is 23.5 Å². The molecule has 0 heterocycles. The molecule has 1 rings (SSSR count). The average molecular weight is 339 g/mol. The maximum atomic E-state index is 12.4. The van der Waals surface area contributed by atoms with Crippen LogP contribution < -0.4 is 0 Å². The van der Waals surface area contributed by atoms with Crippen molar-refractivity contribution in [2.24, 2.45) is 0 Å². The van der Waals surface area contributed by atoms with Gasteiger partial charge in [0.2, 0.25) is 5.12 Å². The van der Waals surface area contributed by atoms with Crippen molar-refractivity contribution in [3.05, 3.63) is 46.4 Å². The summed E-state index contributed by atoms with van der Waals surface area (Å²) in [5.41, 5.74) is 2.46. The van der Waals surface area contributed by atoms with Crippen molar-refractivity contribution >= 4 is 28.6 Å². The maximum Gasteiger partial charge on any atom is 0.225 e. The van der Waals surface area contributed by atoms with Crippen molar-refractivity contribution in [2.45, 2.75) is 65.4 Å². The van der Waals surface area contributed by atoms with Gasteiger partial charge in [-0.25, -0.2) is 0 Å². The fourth-order valence-electron chi connectivity index (χ4n) is 1.57. The molecule has 1 atom stereocenters. The number of allylic oxidation sites excluding steroid dienone is 1. The van der Waals surface area contributed by atoms with Gasteiger partial charge in [-0.15, -0.1) is 11.8 Å². The maximum absolute atomic E-state index is 12.4. The van der Waals surface area contributed by atoms with Crippen molar-refractivity contribution in [3.8, 4) is 0 Å². The lowest BCUT2D eigenvalue weighted by atomic mass is 10.2. The molecular formula is C19H30OS2. The number of benzene rings is 1. The van der Waals surface area contributed by atoms with Gasteiger partial charge in [0.1, 0.15) is 0 Å². The van der Waals surface area contributed by atoms with Crippen LogP contribution in [0.15, 0.2) is 40.8 Å². The quantitative estimate of drug-likeness (QED) is 0.516. The third-order valence-electron chi connectivity index (χ3n) is 3.21. The molecule has 0 aliphatic rings. The Balaban J connectivity index is 0.00000211. The lowest BCUT2D eigenvalue weighted by Gasteiger charge is -2.12. The van der Waals surface area contributed by atoms with Crippen LogP contribution in [-0.4, -0.2) is 10.4 Å². The summed E-state index contributed by atoms with van der Waals surface area (Å²) in [4.78, 5) is 13.4. The molecular weight excluding hydrogens is 308 g/mol. The molecule has 0 saturated carbocycles. The van der Waals surface area contributed by atoms with Crippen LogP contribution in [0.5, 0.6) is 0 Å². The van der Waals surface area contributed by atoms with E-state index in [-0.39, 0.29) is 5.12 Å². The Kier molecular flexibility index (Phi) is 12.4. The summed E-state index contributed by atoms with van der Waals surface area (Å²) >= 11 is 3.15. The summed E-state index contributed by atoms with van der Waals surface area (Å²) in [7, 11) is 0. The first kappa shape index (κ1) is 21.3. The molecule has 0 saturated heterocycles. The first-order valence-corrected chi connectivity index (χ1v) is 10.0. The SMILES string of the molecule is CC.CC/C(C)=C(/SCc1ccccc1)C(=O)SC(C)CC. The summed E-state index contributed by atoms with van der Waals surface area (Å²) in [6, 6.07) is 10.3. The van der Waals surface area contributed by atoms with Crippen LogP contribution >= 0.6 is 23.5 Å². The fraction of sp³-hybridized carbons (Fsp3) is 0.526. The van der Waals surface area contributed by atoms with Gasteiger partial charge in [-0.3, -0.25) is 4.79 Å². The molecule has 0 fully saturated rings. The number of carbonyl (C=O) groups is 1. The zero-order chi connectivity index (χ0) is 17.0. The molecule has 0 amide bonds. The van der Waals surface area contributed by atoms with E-state index in [4.69, 9.17) is 0 Å². The molecule has 1 aromatic carbocycles. The van der Waals surface area contributed by atoms with Crippen molar-refractivity contribution in [3.63, 3.8) is 0 Å². The van der Waals surface area contributed by atoms with Crippen LogP contribution in [0.4, 0.5) is 0 Å². The van der Waals surface area contributed by atoms with Gasteiger partial charge in [-0.1, -0.05) is 82.3 Å². The average Bonchev–Trinajstić information content (AvgIpc) is 2.57. The zero-order valence-corrected chi connectivity index (χ0v) is 16.4. The summed E-state index contributed by atoms with van der Waals surface area (Å²) in [5.74, 6) is 0.861. The molecule has 22 heavy (non-hydrogen) atoms. The van der Waals surface area contributed by atoms with Crippen molar-refractivity contribution in [1.82, 2.24) is 0 Å². The predicted molar refractivity (Wildman–Crippen MR) is 104 cm³/mol. The van der Waals surface area contributed by atoms with E-state index in [9.17, 15) is 4.79 Å². The minimum atomic E-state index is 0.236. The summed E-state index contributed by atoms with van der Waals surface area (Å²) in [6.07, 6.45) is 1.96. The highest BCUT2D eigenvalue weighted by atomic mass is 32.2. The van der Waals surface area contributed by atoms with Gasteiger partial charge in [-0.2, -0.15) is 0 Å². The number of carbonyl (C=O) groups excluding carboxylic acids is 1. The van der Waals surface area contributed by atoms with Crippen molar-refractivity contribution in [1.29, 1.82) is 0 Å². The molecule has 0 N–H and O–H groups in total. The number of hydrogen-bond donors (Lipinski definition) is 0. The zero-order valence-electron chi connectivity index (χ0n) is 14.8. The first-order chi connectivity index (χ1) is 10.6. The van der Waals surface area contributed by atoms with E-state index in [1.165, 1.54) is 22.9 Å². The van der Waals surface area contributed by atoms with E-state index in [2.05, 4.69) is 39.8 Å². The Hall–Kier alpha value is -0.670. The molecule has 0 aliphatic carbocycles. The second-order valence-corrected chi connectivity index (χ2v) is 7.26. The van der Waals surface area contributed by atoms with Crippen molar-refractivity contribution in [2.75, 3.05) is 0 Å². The van der Waals surface area contributed by atoms with Crippen LogP contribution in [0.25, 0.3) is 0 Å². The summed E-state index contributed by atoms with van der Waals surface area (Å²) in [5, 5.41) is 0.624. The summed E-state index contributed by atoms with van der Waals surface area (Å²) < 4.78 is 0. The van der Waals surface area contributed by atoms with Crippen molar-refractivity contribution < 1.29 is 4.79 Å². The van der Waals surface area contributed by atoms with E-state index < -0.39 is 0 Å². The van der Waals surface area contributed by atoms with Crippen LogP contribution in [0.3, 0.4) is 0 Å². The Bertz CT molecular complexity index is 452. The van der Waals surface area contributed by atoms with Gasteiger partial charge in [0.05, 0.1) is 4.91 Å². The van der Waals surface area contributed by atoms with Gasteiger partial charge in [0, 0.05) is 11.0 Å². The van der Waals surface area contributed by atoms with Crippen LogP contribution in [0, 0.1) is 0 Å². The van der Waals surface area contributed by atoms with Crippen LogP contribution in [0.1, 0.15) is 59.9 Å². The van der Waals surface area contributed by atoms with Crippen LogP contribution in [0.2, 0.25) is 0 Å². The third-order valence-corrected chi connectivity index (χ3v) is 5.80. The van der Waals surface area contributed by atoms with Gasteiger partial charge < -0.3 is 0 Å². The minimum absolute atomic E-state index is 0.236. The number of rotatable bonds is 7. The highest BCUT2D eigenvalue weighted by Gasteiger charge is 2.16. The van der Waals surface area contributed by atoms with Gasteiger partial charge in [0.15, 0.2) is 0 Å². The highest BCUT2D eigenvalue weighted by Crippen LogP contribution is 2.32. The second-order valence-electron chi connectivity index (χ2n) is 4.86. The number of thioether (sulfide) groups is 2. The van der Waals surface area contributed by atoms with E-state index in [0.29, 0.717) is 5.25 Å². The summed E-state index contributed by atoms with van der Waals surface area (Å²) in [6.45, 7) is 12.4. The molecule has 0 aromatic heterocycles. The molecule has 1 unspecified atom stereocenters. The first-order valence-electron chi connectivity index (χ1n) is 8.15. The Morgan fingerprint density at radius 3 is 2.23 bits per heavy atom.